The summed E-state index contributed by atoms with van der Waals surface area (Å²) >= 11 is 0. The highest BCUT2D eigenvalue weighted by Gasteiger charge is 2.30. The molecular formula is C14H28N2O2. The first-order chi connectivity index (χ1) is 8.74. The van der Waals surface area contributed by atoms with Crippen molar-refractivity contribution in [2.24, 2.45) is 11.7 Å². The molecule has 0 bridgehead atoms. The van der Waals surface area contributed by atoms with Crippen LogP contribution in [0.4, 0.5) is 0 Å². The van der Waals surface area contributed by atoms with Crippen molar-refractivity contribution in [1.82, 2.24) is 4.90 Å². The summed E-state index contributed by atoms with van der Waals surface area (Å²) < 4.78 is 5.27. The topological polar surface area (TPSA) is 55.6 Å². The van der Waals surface area contributed by atoms with E-state index < -0.39 is 0 Å². The van der Waals surface area contributed by atoms with Crippen LogP contribution in [-0.2, 0) is 9.53 Å². The highest BCUT2D eigenvalue weighted by atomic mass is 16.5. The van der Waals surface area contributed by atoms with E-state index >= 15 is 0 Å². The fourth-order valence-corrected chi connectivity index (χ4v) is 2.92. The van der Waals surface area contributed by atoms with E-state index in [1.165, 1.54) is 12.8 Å². The maximum absolute atomic E-state index is 12.2. The molecule has 2 atom stereocenters. The van der Waals surface area contributed by atoms with Crippen LogP contribution in [-0.4, -0.2) is 43.2 Å². The van der Waals surface area contributed by atoms with Crippen LogP contribution in [0.25, 0.3) is 0 Å². The van der Waals surface area contributed by atoms with Crippen molar-refractivity contribution in [1.29, 1.82) is 0 Å². The predicted molar refractivity (Wildman–Crippen MR) is 73.3 cm³/mol. The Morgan fingerprint density at radius 3 is 2.67 bits per heavy atom. The fourth-order valence-electron chi connectivity index (χ4n) is 2.92. The Morgan fingerprint density at radius 2 is 2.06 bits per heavy atom. The number of rotatable bonds is 7. The van der Waals surface area contributed by atoms with Gasteiger partial charge in [0.25, 0.3) is 0 Å². The van der Waals surface area contributed by atoms with Gasteiger partial charge in [-0.1, -0.05) is 12.8 Å². The standard InChI is InChI=1S/C14H28N2O2/c1-3-16(14(17)9-10-18-4-2)13-8-6-5-7-12(13)11-15/h12-13H,3-11,15H2,1-2H3. The molecule has 0 radical (unpaired) electrons. The zero-order valence-electron chi connectivity index (χ0n) is 11.9. The Morgan fingerprint density at radius 1 is 1.33 bits per heavy atom. The number of hydrogen-bond donors (Lipinski definition) is 1. The third kappa shape index (κ3) is 4.25. The third-order valence-electron chi connectivity index (χ3n) is 3.90. The molecule has 1 aliphatic carbocycles. The van der Waals surface area contributed by atoms with Gasteiger partial charge in [0.1, 0.15) is 0 Å². The van der Waals surface area contributed by atoms with Gasteiger partial charge in [-0.05, 0) is 39.2 Å². The predicted octanol–water partition coefficient (Wildman–Crippen LogP) is 1.78. The van der Waals surface area contributed by atoms with Gasteiger partial charge in [0, 0.05) is 19.2 Å². The molecule has 0 aromatic heterocycles. The van der Waals surface area contributed by atoms with E-state index in [-0.39, 0.29) is 5.91 Å². The number of carbonyl (C=O) groups excluding carboxylic acids is 1. The van der Waals surface area contributed by atoms with E-state index in [4.69, 9.17) is 10.5 Å². The molecule has 1 rings (SSSR count). The maximum atomic E-state index is 12.2. The molecule has 0 aromatic carbocycles. The van der Waals surface area contributed by atoms with Crippen molar-refractivity contribution in [3.05, 3.63) is 0 Å². The first-order valence-electron chi connectivity index (χ1n) is 7.31. The van der Waals surface area contributed by atoms with Crippen molar-refractivity contribution >= 4 is 5.91 Å². The zero-order chi connectivity index (χ0) is 13.4. The molecule has 2 N–H and O–H groups in total. The summed E-state index contributed by atoms with van der Waals surface area (Å²) in [7, 11) is 0. The van der Waals surface area contributed by atoms with Gasteiger partial charge in [-0.2, -0.15) is 0 Å². The summed E-state index contributed by atoms with van der Waals surface area (Å²) in [6, 6.07) is 0.350. The second kappa shape index (κ2) is 8.48. The summed E-state index contributed by atoms with van der Waals surface area (Å²) in [6.07, 6.45) is 5.24. The second-order valence-electron chi connectivity index (χ2n) is 4.97. The molecule has 2 unspecified atom stereocenters. The Kier molecular flexibility index (Phi) is 7.28. The average molecular weight is 256 g/mol. The highest BCUT2D eigenvalue weighted by molar-refractivity contribution is 5.76. The first-order valence-corrected chi connectivity index (χ1v) is 7.31. The lowest BCUT2D eigenvalue weighted by Gasteiger charge is -2.39. The number of hydrogen-bond acceptors (Lipinski definition) is 3. The molecule has 0 aromatic rings. The SMILES string of the molecule is CCOCCC(=O)N(CC)C1CCCCC1CN. The number of ether oxygens (including phenoxy) is 1. The van der Waals surface area contributed by atoms with Crippen LogP contribution >= 0.6 is 0 Å². The number of carbonyl (C=O) groups is 1. The molecule has 1 aliphatic rings. The molecule has 0 saturated heterocycles. The van der Waals surface area contributed by atoms with Gasteiger partial charge in [-0.3, -0.25) is 4.79 Å². The van der Waals surface area contributed by atoms with Crippen LogP contribution in [0, 0.1) is 5.92 Å². The minimum absolute atomic E-state index is 0.219. The Hall–Kier alpha value is -0.610. The summed E-state index contributed by atoms with van der Waals surface area (Å²) in [5.74, 6) is 0.700. The zero-order valence-corrected chi connectivity index (χ0v) is 11.9. The molecule has 1 amide bonds. The summed E-state index contributed by atoms with van der Waals surface area (Å²) in [6.45, 7) is 6.69. The lowest BCUT2D eigenvalue weighted by molar-refractivity contribution is -0.136. The minimum Gasteiger partial charge on any atom is -0.381 e. The number of nitrogens with zero attached hydrogens (tertiary/aromatic N) is 1. The van der Waals surface area contributed by atoms with Gasteiger partial charge in [0.05, 0.1) is 13.0 Å². The number of amides is 1. The van der Waals surface area contributed by atoms with Crippen LogP contribution in [0.5, 0.6) is 0 Å². The van der Waals surface area contributed by atoms with E-state index in [1.54, 1.807) is 0 Å². The van der Waals surface area contributed by atoms with Gasteiger partial charge in [-0.25, -0.2) is 0 Å². The van der Waals surface area contributed by atoms with Crippen LogP contribution in [0.1, 0.15) is 46.0 Å². The van der Waals surface area contributed by atoms with Crippen molar-refractivity contribution in [2.45, 2.75) is 52.0 Å². The Labute approximate surface area is 111 Å². The molecule has 18 heavy (non-hydrogen) atoms. The van der Waals surface area contributed by atoms with E-state index in [9.17, 15) is 4.79 Å². The van der Waals surface area contributed by atoms with Crippen molar-refractivity contribution in [2.75, 3.05) is 26.3 Å². The molecule has 4 heteroatoms. The lowest BCUT2D eigenvalue weighted by atomic mass is 9.83. The summed E-state index contributed by atoms with van der Waals surface area (Å²) in [4.78, 5) is 14.2. The second-order valence-corrected chi connectivity index (χ2v) is 4.97. The average Bonchev–Trinajstić information content (AvgIpc) is 2.40. The van der Waals surface area contributed by atoms with Gasteiger partial charge in [0.2, 0.25) is 5.91 Å². The smallest absolute Gasteiger partial charge is 0.225 e. The summed E-state index contributed by atoms with van der Waals surface area (Å²) in [5.41, 5.74) is 5.85. The molecule has 1 saturated carbocycles. The van der Waals surface area contributed by atoms with Crippen LogP contribution < -0.4 is 5.73 Å². The van der Waals surface area contributed by atoms with E-state index in [2.05, 4.69) is 6.92 Å². The quantitative estimate of drug-likeness (QED) is 0.706. The van der Waals surface area contributed by atoms with E-state index in [0.29, 0.717) is 38.1 Å². The molecule has 106 valence electrons. The van der Waals surface area contributed by atoms with Gasteiger partial charge >= 0.3 is 0 Å². The van der Waals surface area contributed by atoms with Gasteiger partial charge < -0.3 is 15.4 Å². The van der Waals surface area contributed by atoms with Crippen molar-refractivity contribution < 1.29 is 9.53 Å². The number of nitrogens with two attached hydrogens (primary N) is 1. The molecule has 1 fully saturated rings. The monoisotopic (exact) mass is 256 g/mol. The van der Waals surface area contributed by atoms with E-state index in [0.717, 1.165) is 19.4 Å². The van der Waals surface area contributed by atoms with E-state index in [1.807, 2.05) is 11.8 Å². The first kappa shape index (κ1) is 15.4. The normalized spacial score (nSPS) is 23.9. The third-order valence-corrected chi connectivity index (χ3v) is 3.90. The Balaban J connectivity index is 2.54. The minimum atomic E-state index is 0.219. The van der Waals surface area contributed by atoms with Crippen LogP contribution in [0.15, 0.2) is 0 Å². The summed E-state index contributed by atoms with van der Waals surface area (Å²) in [5, 5.41) is 0. The molecule has 0 aliphatic heterocycles. The maximum Gasteiger partial charge on any atom is 0.225 e. The van der Waals surface area contributed by atoms with Crippen LogP contribution in [0.2, 0.25) is 0 Å². The molecule has 0 spiro atoms. The highest BCUT2D eigenvalue weighted by Crippen LogP contribution is 2.28. The molecule has 0 heterocycles. The fraction of sp³-hybridized carbons (Fsp3) is 0.929. The molecular weight excluding hydrogens is 228 g/mol. The van der Waals surface area contributed by atoms with Crippen molar-refractivity contribution in [3.63, 3.8) is 0 Å². The van der Waals surface area contributed by atoms with Gasteiger partial charge in [-0.15, -0.1) is 0 Å². The Bertz CT molecular complexity index is 246. The molecule has 4 nitrogen and oxygen atoms in total. The largest absolute Gasteiger partial charge is 0.381 e. The van der Waals surface area contributed by atoms with Gasteiger partial charge in [0.15, 0.2) is 0 Å². The van der Waals surface area contributed by atoms with Crippen molar-refractivity contribution in [3.8, 4) is 0 Å². The van der Waals surface area contributed by atoms with Crippen LogP contribution in [0.3, 0.4) is 0 Å². The lowest BCUT2D eigenvalue weighted by Crippen LogP contribution is -2.48.